The molecule has 0 unspecified atom stereocenters. The third-order valence-electron chi connectivity index (χ3n) is 5.11. The highest BCUT2D eigenvalue weighted by atomic mass is 35.5. The van der Waals surface area contributed by atoms with E-state index in [0.29, 0.717) is 22.6 Å². The Kier molecular flexibility index (Phi) is 6.64. The summed E-state index contributed by atoms with van der Waals surface area (Å²) in [6, 6.07) is 9.93. The first-order chi connectivity index (χ1) is 13.6. The van der Waals surface area contributed by atoms with Crippen LogP contribution in [-0.4, -0.2) is 33.9 Å². The van der Waals surface area contributed by atoms with Gasteiger partial charge in [0.25, 0.3) is 5.91 Å². The van der Waals surface area contributed by atoms with Crippen LogP contribution in [0.15, 0.2) is 42.6 Å². The molecule has 7 heteroatoms. The quantitative estimate of drug-likeness (QED) is 0.635. The molecule has 0 saturated carbocycles. The maximum absolute atomic E-state index is 13.3. The highest BCUT2D eigenvalue weighted by molar-refractivity contribution is 6.07. The second kappa shape index (κ2) is 9.18. The number of amides is 1. The lowest BCUT2D eigenvalue weighted by atomic mass is 10.1. The van der Waals surface area contributed by atoms with Crippen LogP contribution >= 0.6 is 12.4 Å². The Morgan fingerprint density at radius 2 is 1.72 bits per heavy atom. The summed E-state index contributed by atoms with van der Waals surface area (Å²) in [6.07, 6.45) is 5.96. The summed E-state index contributed by atoms with van der Waals surface area (Å²) in [6.45, 7) is 3.43. The summed E-state index contributed by atoms with van der Waals surface area (Å²) in [5.74, 6) is -0.329. The molecule has 1 aromatic carbocycles. The van der Waals surface area contributed by atoms with Crippen LogP contribution in [0.3, 0.4) is 0 Å². The Labute approximate surface area is 175 Å². The zero-order valence-corrected chi connectivity index (χ0v) is 17.1. The molecule has 1 fully saturated rings. The van der Waals surface area contributed by atoms with E-state index in [1.54, 1.807) is 18.3 Å². The summed E-state index contributed by atoms with van der Waals surface area (Å²) >= 11 is 0. The Morgan fingerprint density at radius 3 is 2.41 bits per heavy atom. The molecule has 1 saturated heterocycles. The third-order valence-corrected chi connectivity index (χ3v) is 5.11. The van der Waals surface area contributed by atoms with Crippen LogP contribution in [0.1, 0.15) is 41.7 Å². The second-order valence-electron chi connectivity index (χ2n) is 7.21. The van der Waals surface area contributed by atoms with Crippen molar-refractivity contribution in [3.63, 3.8) is 0 Å². The van der Waals surface area contributed by atoms with Gasteiger partial charge in [0.1, 0.15) is 5.82 Å². The van der Waals surface area contributed by atoms with Gasteiger partial charge in [0.05, 0.1) is 11.3 Å². The number of aryl methyl sites for hydroxylation is 1. The molecule has 0 atom stereocenters. The molecule has 0 bridgehead atoms. The zero-order chi connectivity index (χ0) is 19.5. The molecule has 2 aromatic heterocycles. The number of carbonyl (C=O) groups excluding carboxylic acids is 1. The van der Waals surface area contributed by atoms with Crippen LogP contribution in [0.5, 0.6) is 0 Å². The monoisotopic (exact) mass is 414 g/mol. The number of carbonyl (C=O) groups is 1. The minimum Gasteiger partial charge on any atom is -0.354 e. The normalized spacial score (nSPS) is 14.2. The van der Waals surface area contributed by atoms with Crippen molar-refractivity contribution < 1.29 is 9.18 Å². The standard InChI is InChI=1S/C22H23FN4O.ClH/c1-15-6-11-18-20(26-17-9-7-16(23)8-10-17)19(14-24-21(18)25-15)22(28)27-12-4-2-3-5-13-27;/h6-11,14H,2-5,12-13H2,1H3,(H,24,25,26);1H. The molecule has 0 aliphatic carbocycles. The number of hydrogen-bond donors (Lipinski definition) is 1. The Bertz CT molecular complexity index is 1000. The van der Waals surface area contributed by atoms with Crippen molar-refractivity contribution >= 4 is 40.7 Å². The average molecular weight is 415 g/mol. The summed E-state index contributed by atoms with van der Waals surface area (Å²) in [7, 11) is 0. The maximum atomic E-state index is 13.3. The predicted molar refractivity (Wildman–Crippen MR) is 116 cm³/mol. The van der Waals surface area contributed by atoms with Gasteiger partial charge >= 0.3 is 0 Å². The number of hydrogen-bond acceptors (Lipinski definition) is 4. The summed E-state index contributed by atoms with van der Waals surface area (Å²) in [5.41, 5.74) is 3.33. The molecular weight excluding hydrogens is 391 g/mol. The van der Waals surface area contributed by atoms with Crippen molar-refractivity contribution in [1.29, 1.82) is 0 Å². The fourth-order valence-corrected chi connectivity index (χ4v) is 3.59. The van der Waals surface area contributed by atoms with E-state index < -0.39 is 0 Å². The number of benzene rings is 1. The number of anilines is 2. The fraction of sp³-hybridized carbons (Fsp3) is 0.318. The van der Waals surface area contributed by atoms with Crippen LogP contribution in [0.25, 0.3) is 11.0 Å². The highest BCUT2D eigenvalue weighted by Crippen LogP contribution is 2.30. The van der Waals surface area contributed by atoms with Crippen LogP contribution < -0.4 is 5.32 Å². The molecule has 3 aromatic rings. The van der Waals surface area contributed by atoms with E-state index in [0.717, 1.165) is 49.9 Å². The van der Waals surface area contributed by atoms with Crippen molar-refractivity contribution in [2.75, 3.05) is 18.4 Å². The molecule has 5 nitrogen and oxygen atoms in total. The van der Waals surface area contributed by atoms with E-state index in [1.807, 2.05) is 24.0 Å². The fourth-order valence-electron chi connectivity index (χ4n) is 3.59. The largest absolute Gasteiger partial charge is 0.354 e. The molecule has 1 amide bonds. The number of rotatable bonds is 3. The zero-order valence-electron chi connectivity index (χ0n) is 16.3. The van der Waals surface area contributed by atoms with Crippen molar-refractivity contribution in [2.24, 2.45) is 0 Å². The molecule has 0 spiro atoms. The number of halogens is 2. The summed E-state index contributed by atoms with van der Waals surface area (Å²) < 4.78 is 13.3. The average Bonchev–Trinajstić information content (AvgIpc) is 2.99. The van der Waals surface area contributed by atoms with E-state index in [2.05, 4.69) is 15.3 Å². The van der Waals surface area contributed by atoms with E-state index in [9.17, 15) is 9.18 Å². The molecule has 152 valence electrons. The summed E-state index contributed by atoms with van der Waals surface area (Å²) in [4.78, 5) is 24.1. The number of fused-ring (bicyclic) bond motifs is 1. The Balaban J connectivity index is 0.00000240. The maximum Gasteiger partial charge on any atom is 0.257 e. The minimum absolute atomic E-state index is 0. The second-order valence-corrected chi connectivity index (χ2v) is 7.21. The number of likely N-dealkylation sites (tertiary alicyclic amines) is 1. The minimum atomic E-state index is -0.303. The van der Waals surface area contributed by atoms with Gasteiger partial charge in [-0.15, -0.1) is 12.4 Å². The van der Waals surface area contributed by atoms with Gasteiger partial charge in [-0.05, 0) is 56.2 Å². The van der Waals surface area contributed by atoms with Gasteiger partial charge < -0.3 is 10.2 Å². The number of nitrogens with one attached hydrogen (secondary N) is 1. The SMILES string of the molecule is Cc1ccc2c(Nc3ccc(F)cc3)c(C(=O)N3CCCCCC3)cnc2n1.Cl. The lowest BCUT2D eigenvalue weighted by Gasteiger charge is -2.22. The first kappa shape index (κ1) is 21.0. The van der Waals surface area contributed by atoms with Crippen molar-refractivity contribution in [1.82, 2.24) is 14.9 Å². The van der Waals surface area contributed by atoms with Gasteiger partial charge in [0, 0.05) is 36.1 Å². The molecule has 3 heterocycles. The van der Waals surface area contributed by atoms with Gasteiger partial charge in [0.15, 0.2) is 5.65 Å². The van der Waals surface area contributed by atoms with E-state index in [4.69, 9.17) is 0 Å². The van der Waals surface area contributed by atoms with Gasteiger partial charge in [-0.1, -0.05) is 12.8 Å². The van der Waals surface area contributed by atoms with E-state index in [-0.39, 0.29) is 24.1 Å². The number of aromatic nitrogens is 2. The molecular formula is C22H24ClFN4O. The van der Waals surface area contributed by atoms with Crippen LogP contribution in [0, 0.1) is 12.7 Å². The van der Waals surface area contributed by atoms with Gasteiger partial charge in [-0.3, -0.25) is 4.79 Å². The third kappa shape index (κ3) is 4.65. The first-order valence-corrected chi connectivity index (χ1v) is 9.70. The smallest absolute Gasteiger partial charge is 0.257 e. The summed E-state index contributed by atoms with van der Waals surface area (Å²) in [5, 5.41) is 4.08. The molecule has 1 aliphatic rings. The predicted octanol–water partition coefficient (Wildman–Crippen LogP) is 5.26. The van der Waals surface area contributed by atoms with Crippen LogP contribution in [0.4, 0.5) is 15.8 Å². The topological polar surface area (TPSA) is 58.1 Å². The Morgan fingerprint density at radius 1 is 1.03 bits per heavy atom. The van der Waals surface area contributed by atoms with Crippen molar-refractivity contribution in [3.8, 4) is 0 Å². The van der Waals surface area contributed by atoms with Crippen LogP contribution in [0.2, 0.25) is 0 Å². The lowest BCUT2D eigenvalue weighted by molar-refractivity contribution is 0.0762. The van der Waals surface area contributed by atoms with Gasteiger partial charge in [0.2, 0.25) is 0 Å². The molecule has 29 heavy (non-hydrogen) atoms. The van der Waals surface area contributed by atoms with Crippen molar-refractivity contribution in [3.05, 3.63) is 59.7 Å². The lowest BCUT2D eigenvalue weighted by Crippen LogP contribution is -2.32. The number of nitrogens with zero attached hydrogens (tertiary/aromatic N) is 3. The van der Waals surface area contributed by atoms with Gasteiger partial charge in [-0.2, -0.15) is 0 Å². The molecule has 4 rings (SSSR count). The molecule has 1 N–H and O–H groups in total. The van der Waals surface area contributed by atoms with Crippen LogP contribution in [-0.2, 0) is 0 Å². The van der Waals surface area contributed by atoms with Crippen molar-refractivity contribution in [2.45, 2.75) is 32.6 Å². The molecule has 0 radical (unpaired) electrons. The molecule has 1 aliphatic heterocycles. The van der Waals surface area contributed by atoms with E-state index in [1.165, 1.54) is 12.1 Å². The van der Waals surface area contributed by atoms with Gasteiger partial charge in [-0.25, -0.2) is 14.4 Å². The first-order valence-electron chi connectivity index (χ1n) is 9.70. The number of pyridine rings is 2. The van der Waals surface area contributed by atoms with E-state index >= 15 is 0 Å². The highest BCUT2D eigenvalue weighted by Gasteiger charge is 2.22. The Hall–Kier alpha value is -2.73.